The molecule has 0 bridgehead atoms. The van der Waals surface area contributed by atoms with Gasteiger partial charge < -0.3 is 10.1 Å². The second-order valence-electron chi connectivity index (χ2n) is 3.97. The summed E-state index contributed by atoms with van der Waals surface area (Å²) in [5.41, 5.74) is 0. The highest BCUT2D eigenvalue weighted by Gasteiger charge is 2.15. The summed E-state index contributed by atoms with van der Waals surface area (Å²) in [7, 11) is 1.30. The zero-order valence-electron chi connectivity index (χ0n) is 10.0. The van der Waals surface area contributed by atoms with Crippen LogP contribution < -0.4 is 5.32 Å². The van der Waals surface area contributed by atoms with Crippen LogP contribution in [0.2, 0.25) is 0 Å². The lowest BCUT2D eigenvalue weighted by Gasteiger charge is -2.17. The first-order chi connectivity index (χ1) is 7.01. The minimum atomic E-state index is -0.416. The Bertz CT molecular complexity index is 214. The van der Waals surface area contributed by atoms with Gasteiger partial charge in [-0.15, -0.1) is 0 Å². The molecule has 0 saturated heterocycles. The van der Waals surface area contributed by atoms with Crippen LogP contribution >= 0.6 is 0 Å². The van der Waals surface area contributed by atoms with Crippen molar-refractivity contribution in [2.45, 2.75) is 33.6 Å². The number of carbonyl (C=O) groups excluding carboxylic acids is 2. The summed E-state index contributed by atoms with van der Waals surface area (Å²) in [4.78, 5) is 22.2. The van der Waals surface area contributed by atoms with Gasteiger partial charge in [0.1, 0.15) is 6.54 Å². The fourth-order valence-corrected chi connectivity index (χ4v) is 1.40. The number of hydrogen-bond donors (Lipinski definition) is 1. The Hall–Kier alpha value is -1.06. The Kier molecular flexibility index (Phi) is 6.75. The third-order valence-corrected chi connectivity index (χ3v) is 2.57. The number of amides is 1. The standard InChI is InChI=1S/C11H21NO3/c1-5-9(8(2)3)6-10(13)12-7-11(14)15-4/h8-9H,5-7H2,1-4H3,(H,12,13)/t9-/m1/s1. The molecule has 0 aromatic carbocycles. The maximum absolute atomic E-state index is 11.4. The van der Waals surface area contributed by atoms with Crippen molar-refractivity contribution in [2.24, 2.45) is 11.8 Å². The van der Waals surface area contributed by atoms with Crippen LogP contribution in [-0.2, 0) is 14.3 Å². The van der Waals surface area contributed by atoms with Crippen LogP contribution in [0.15, 0.2) is 0 Å². The van der Waals surface area contributed by atoms with E-state index in [0.717, 1.165) is 6.42 Å². The first-order valence-corrected chi connectivity index (χ1v) is 5.34. The van der Waals surface area contributed by atoms with Gasteiger partial charge in [-0.3, -0.25) is 9.59 Å². The molecule has 1 amide bonds. The lowest BCUT2D eigenvalue weighted by molar-refractivity contribution is -0.141. The largest absolute Gasteiger partial charge is 0.468 e. The highest BCUT2D eigenvalue weighted by atomic mass is 16.5. The predicted octanol–water partition coefficient (Wildman–Crippen LogP) is 1.35. The van der Waals surface area contributed by atoms with E-state index in [0.29, 0.717) is 18.3 Å². The van der Waals surface area contributed by atoms with Gasteiger partial charge in [-0.2, -0.15) is 0 Å². The smallest absolute Gasteiger partial charge is 0.325 e. The molecule has 0 aromatic rings. The summed E-state index contributed by atoms with van der Waals surface area (Å²) in [6.07, 6.45) is 1.45. The summed E-state index contributed by atoms with van der Waals surface area (Å²) in [6.45, 7) is 6.23. The number of ether oxygens (including phenoxy) is 1. The number of carbonyl (C=O) groups is 2. The summed E-state index contributed by atoms with van der Waals surface area (Å²) >= 11 is 0. The van der Waals surface area contributed by atoms with Crippen molar-refractivity contribution in [1.29, 1.82) is 0 Å². The first kappa shape index (κ1) is 13.9. The van der Waals surface area contributed by atoms with Gasteiger partial charge in [0.05, 0.1) is 7.11 Å². The lowest BCUT2D eigenvalue weighted by atomic mass is 9.90. The number of hydrogen-bond acceptors (Lipinski definition) is 3. The minimum absolute atomic E-state index is 0.0378. The van der Waals surface area contributed by atoms with Crippen molar-refractivity contribution in [1.82, 2.24) is 5.32 Å². The molecule has 0 aliphatic heterocycles. The number of esters is 1. The van der Waals surface area contributed by atoms with E-state index in [1.807, 2.05) is 0 Å². The molecule has 0 aliphatic rings. The number of methoxy groups -OCH3 is 1. The van der Waals surface area contributed by atoms with Gasteiger partial charge in [0, 0.05) is 6.42 Å². The Morgan fingerprint density at radius 3 is 2.33 bits per heavy atom. The molecule has 1 atom stereocenters. The van der Waals surface area contributed by atoms with E-state index in [1.54, 1.807) is 0 Å². The van der Waals surface area contributed by atoms with Gasteiger partial charge in [0.25, 0.3) is 0 Å². The van der Waals surface area contributed by atoms with Gasteiger partial charge in [0.15, 0.2) is 0 Å². The van der Waals surface area contributed by atoms with Crippen molar-refractivity contribution >= 4 is 11.9 Å². The van der Waals surface area contributed by atoms with E-state index in [4.69, 9.17) is 0 Å². The molecule has 0 fully saturated rings. The van der Waals surface area contributed by atoms with E-state index in [9.17, 15) is 9.59 Å². The van der Waals surface area contributed by atoms with Gasteiger partial charge in [-0.25, -0.2) is 0 Å². The topological polar surface area (TPSA) is 55.4 Å². The zero-order chi connectivity index (χ0) is 11.8. The van der Waals surface area contributed by atoms with E-state index < -0.39 is 5.97 Å². The molecule has 4 heteroatoms. The monoisotopic (exact) mass is 215 g/mol. The average Bonchev–Trinajstić information content (AvgIpc) is 2.21. The van der Waals surface area contributed by atoms with Gasteiger partial charge in [0.2, 0.25) is 5.91 Å². The van der Waals surface area contributed by atoms with Gasteiger partial charge >= 0.3 is 5.97 Å². The van der Waals surface area contributed by atoms with Crippen LogP contribution in [0.3, 0.4) is 0 Å². The molecule has 15 heavy (non-hydrogen) atoms. The molecule has 0 unspecified atom stereocenters. The zero-order valence-corrected chi connectivity index (χ0v) is 10.0. The summed E-state index contributed by atoms with van der Waals surface area (Å²) < 4.78 is 4.43. The van der Waals surface area contributed by atoms with Crippen LogP contribution in [0.4, 0.5) is 0 Å². The normalized spacial score (nSPS) is 12.3. The molecule has 0 heterocycles. The number of nitrogens with one attached hydrogen (secondary N) is 1. The van der Waals surface area contributed by atoms with Crippen LogP contribution in [0.1, 0.15) is 33.6 Å². The molecule has 4 nitrogen and oxygen atoms in total. The van der Waals surface area contributed by atoms with Crippen molar-refractivity contribution in [2.75, 3.05) is 13.7 Å². The quantitative estimate of drug-likeness (QED) is 0.680. The van der Waals surface area contributed by atoms with Crippen molar-refractivity contribution in [3.8, 4) is 0 Å². The van der Waals surface area contributed by atoms with Crippen molar-refractivity contribution in [3.05, 3.63) is 0 Å². The third kappa shape index (κ3) is 6.10. The predicted molar refractivity (Wildman–Crippen MR) is 58.3 cm³/mol. The van der Waals surface area contributed by atoms with Crippen molar-refractivity contribution < 1.29 is 14.3 Å². The average molecular weight is 215 g/mol. The minimum Gasteiger partial charge on any atom is -0.468 e. The van der Waals surface area contributed by atoms with E-state index in [-0.39, 0.29) is 12.5 Å². The highest BCUT2D eigenvalue weighted by molar-refractivity contribution is 5.81. The first-order valence-electron chi connectivity index (χ1n) is 5.34. The molecular weight excluding hydrogens is 194 g/mol. The Balaban J connectivity index is 3.86. The van der Waals surface area contributed by atoms with E-state index >= 15 is 0 Å². The molecule has 88 valence electrons. The highest BCUT2D eigenvalue weighted by Crippen LogP contribution is 2.18. The molecule has 0 aromatic heterocycles. The van der Waals surface area contributed by atoms with Crippen LogP contribution in [0.25, 0.3) is 0 Å². The molecule has 0 saturated carbocycles. The number of rotatable bonds is 6. The van der Waals surface area contributed by atoms with Gasteiger partial charge in [-0.05, 0) is 11.8 Å². The fourth-order valence-electron chi connectivity index (χ4n) is 1.40. The molecule has 0 aliphatic carbocycles. The fraction of sp³-hybridized carbons (Fsp3) is 0.818. The van der Waals surface area contributed by atoms with E-state index in [1.165, 1.54) is 7.11 Å². The summed E-state index contributed by atoms with van der Waals surface area (Å²) in [5, 5.41) is 2.54. The molecule has 0 spiro atoms. The Labute approximate surface area is 91.4 Å². The van der Waals surface area contributed by atoms with Crippen LogP contribution in [-0.4, -0.2) is 25.5 Å². The SMILES string of the molecule is CC[C@H](CC(=O)NCC(=O)OC)C(C)C. The summed E-state index contributed by atoms with van der Waals surface area (Å²) in [6, 6.07) is 0. The lowest BCUT2D eigenvalue weighted by Crippen LogP contribution is -2.32. The van der Waals surface area contributed by atoms with Crippen molar-refractivity contribution in [3.63, 3.8) is 0 Å². The third-order valence-electron chi connectivity index (χ3n) is 2.57. The molecular formula is C11H21NO3. The Morgan fingerprint density at radius 2 is 1.93 bits per heavy atom. The Morgan fingerprint density at radius 1 is 1.33 bits per heavy atom. The maximum atomic E-state index is 11.4. The van der Waals surface area contributed by atoms with Gasteiger partial charge in [-0.1, -0.05) is 27.2 Å². The van der Waals surface area contributed by atoms with E-state index in [2.05, 4.69) is 30.8 Å². The molecule has 1 N–H and O–H groups in total. The molecule has 0 rings (SSSR count). The second-order valence-corrected chi connectivity index (χ2v) is 3.97. The summed E-state index contributed by atoms with van der Waals surface area (Å²) in [5.74, 6) is 0.364. The van der Waals surface area contributed by atoms with Crippen LogP contribution in [0, 0.1) is 11.8 Å². The van der Waals surface area contributed by atoms with Crippen LogP contribution in [0.5, 0.6) is 0 Å². The maximum Gasteiger partial charge on any atom is 0.325 e. The second kappa shape index (κ2) is 7.26. The molecule has 0 radical (unpaired) electrons.